The molecule has 2 aromatic carbocycles. The maximum absolute atomic E-state index is 5.88. The van der Waals surface area contributed by atoms with Crippen LogP contribution in [0.2, 0.25) is 0 Å². The number of anilines is 2. The summed E-state index contributed by atoms with van der Waals surface area (Å²) in [4.78, 5) is 9.05. The van der Waals surface area contributed by atoms with Crippen LogP contribution in [0.15, 0.2) is 42.5 Å². The standard InChI is InChI=1S/C22H23N3O4/c1-4-16-7-5-8-17(15-16)23-21-20-18(24-22(25-21)29-14-12-27-3)9-6-10-19(20)28-13-11-26-2/h1,5-10,15H,11-14H2,2-3H3,(H,23,24,25). The normalized spacial score (nSPS) is 10.5. The van der Waals surface area contributed by atoms with Gasteiger partial charge < -0.3 is 24.3 Å². The Bertz CT molecular complexity index is 1000. The molecule has 7 heteroatoms. The molecule has 0 aliphatic carbocycles. The van der Waals surface area contributed by atoms with Gasteiger partial charge in [0.25, 0.3) is 0 Å². The lowest BCUT2D eigenvalue weighted by Crippen LogP contribution is -2.09. The van der Waals surface area contributed by atoms with Crippen LogP contribution in [-0.2, 0) is 9.47 Å². The number of fused-ring (bicyclic) bond motifs is 1. The van der Waals surface area contributed by atoms with E-state index in [0.717, 1.165) is 16.6 Å². The molecule has 1 heterocycles. The summed E-state index contributed by atoms with van der Waals surface area (Å²) >= 11 is 0. The Balaban J connectivity index is 2.02. The Morgan fingerprint density at radius 1 is 0.931 bits per heavy atom. The van der Waals surface area contributed by atoms with Crippen molar-refractivity contribution in [2.75, 3.05) is 46.0 Å². The van der Waals surface area contributed by atoms with Crippen molar-refractivity contribution in [3.05, 3.63) is 48.0 Å². The number of ether oxygens (including phenoxy) is 4. The van der Waals surface area contributed by atoms with Crippen molar-refractivity contribution in [2.24, 2.45) is 0 Å². The van der Waals surface area contributed by atoms with Crippen molar-refractivity contribution >= 4 is 22.4 Å². The quantitative estimate of drug-likeness (QED) is 0.418. The molecule has 0 saturated carbocycles. The minimum absolute atomic E-state index is 0.249. The predicted octanol–water partition coefficient (Wildman–Crippen LogP) is 3.41. The highest BCUT2D eigenvalue weighted by Gasteiger charge is 2.14. The fourth-order valence-corrected chi connectivity index (χ4v) is 2.68. The molecule has 150 valence electrons. The topological polar surface area (TPSA) is 74.7 Å². The first kappa shape index (κ1) is 20.4. The molecule has 0 aliphatic heterocycles. The molecule has 0 radical (unpaired) electrons. The van der Waals surface area contributed by atoms with Gasteiger partial charge in [0.05, 0.1) is 24.1 Å². The Labute approximate surface area is 170 Å². The average molecular weight is 393 g/mol. The lowest BCUT2D eigenvalue weighted by molar-refractivity contribution is 0.141. The SMILES string of the molecule is C#Cc1cccc(Nc2nc(OCCOC)nc3cccc(OCCOC)c23)c1. The second kappa shape index (κ2) is 10.3. The molecule has 0 aliphatic rings. The number of hydrogen-bond donors (Lipinski definition) is 1. The fourth-order valence-electron chi connectivity index (χ4n) is 2.68. The van der Waals surface area contributed by atoms with Crippen molar-refractivity contribution < 1.29 is 18.9 Å². The zero-order valence-electron chi connectivity index (χ0n) is 16.5. The molecule has 0 spiro atoms. The first-order chi connectivity index (χ1) is 14.2. The zero-order valence-corrected chi connectivity index (χ0v) is 16.5. The minimum atomic E-state index is 0.249. The second-order valence-electron chi connectivity index (χ2n) is 6.04. The number of terminal acetylenes is 1. The monoisotopic (exact) mass is 393 g/mol. The van der Waals surface area contributed by atoms with Gasteiger partial charge in [-0.15, -0.1) is 6.42 Å². The summed E-state index contributed by atoms with van der Waals surface area (Å²) in [5, 5.41) is 4.06. The van der Waals surface area contributed by atoms with Crippen LogP contribution in [-0.4, -0.2) is 50.6 Å². The van der Waals surface area contributed by atoms with E-state index >= 15 is 0 Å². The second-order valence-corrected chi connectivity index (χ2v) is 6.04. The Hall–Kier alpha value is -3.34. The van der Waals surface area contributed by atoms with E-state index in [1.54, 1.807) is 14.2 Å². The summed E-state index contributed by atoms with van der Waals surface area (Å²) in [6, 6.07) is 13.4. The summed E-state index contributed by atoms with van der Waals surface area (Å²) in [5.41, 5.74) is 2.26. The van der Waals surface area contributed by atoms with Crippen molar-refractivity contribution in [3.63, 3.8) is 0 Å². The summed E-state index contributed by atoms with van der Waals surface area (Å²) in [6.45, 7) is 1.67. The van der Waals surface area contributed by atoms with E-state index in [2.05, 4.69) is 21.2 Å². The van der Waals surface area contributed by atoms with Crippen LogP contribution in [0.4, 0.5) is 11.5 Å². The van der Waals surface area contributed by atoms with Crippen molar-refractivity contribution in [2.45, 2.75) is 0 Å². The van der Waals surface area contributed by atoms with Crippen LogP contribution in [0.25, 0.3) is 10.9 Å². The van der Waals surface area contributed by atoms with Crippen LogP contribution in [0.5, 0.6) is 11.8 Å². The number of rotatable bonds is 10. The van der Waals surface area contributed by atoms with Gasteiger partial charge in [0.1, 0.15) is 24.8 Å². The number of hydrogen-bond acceptors (Lipinski definition) is 7. The smallest absolute Gasteiger partial charge is 0.319 e. The zero-order chi connectivity index (χ0) is 20.5. The largest absolute Gasteiger partial charge is 0.490 e. The Morgan fingerprint density at radius 2 is 1.69 bits per heavy atom. The number of nitrogens with zero attached hydrogens (tertiary/aromatic N) is 2. The Morgan fingerprint density at radius 3 is 2.45 bits per heavy atom. The van der Waals surface area contributed by atoms with Crippen LogP contribution in [0.1, 0.15) is 5.56 Å². The average Bonchev–Trinajstić information content (AvgIpc) is 2.74. The lowest BCUT2D eigenvalue weighted by atomic mass is 10.2. The number of nitrogens with one attached hydrogen (secondary N) is 1. The highest BCUT2D eigenvalue weighted by atomic mass is 16.5. The summed E-state index contributed by atoms with van der Waals surface area (Å²) in [6.07, 6.45) is 5.52. The van der Waals surface area contributed by atoms with Crippen LogP contribution in [0, 0.1) is 12.3 Å². The van der Waals surface area contributed by atoms with Gasteiger partial charge in [-0.3, -0.25) is 0 Å². The number of methoxy groups -OCH3 is 2. The molecular formula is C22H23N3O4. The molecule has 3 rings (SSSR count). The highest BCUT2D eigenvalue weighted by molar-refractivity contribution is 5.96. The van der Waals surface area contributed by atoms with Crippen molar-refractivity contribution in [1.29, 1.82) is 0 Å². The van der Waals surface area contributed by atoms with Crippen LogP contribution < -0.4 is 14.8 Å². The molecule has 0 unspecified atom stereocenters. The molecule has 0 amide bonds. The van der Waals surface area contributed by atoms with E-state index in [0.29, 0.717) is 43.5 Å². The molecule has 7 nitrogen and oxygen atoms in total. The molecule has 29 heavy (non-hydrogen) atoms. The maximum Gasteiger partial charge on any atom is 0.319 e. The van der Waals surface area contributed by atoms with Gasteiger partial charge in [-0.1, -0.05) is 18.1 Å². The molecule has 0 bridgehead atoms. The molecule has 0 saturated heterocycles. The first-order valence-electron chi connectivity index (χ1n) is 9.13. The van der Waals surface area contributed by atoms with E-state index in [1.807, 2.05) is 42.5 Å². The third-order valence-corrected chi connectivity index (χ3v) is 4.02. The first-order valence-corrected chi connectivity index (χ1v) is 9.13. The van der Waals surface area contributed by atoms with Gasteiger partial charge in [0, 0.05) is 25.5 Å². The third kappa shape index (κ3) is 5.35. The lowest BCUT2D eigenvalue weighted by Gasteiger charge is -2.15. The van der Waals surface area contributed by atoms with E-state index < -0.39 is 0 Å². The van der Waals surface area contributed by atoms with Crippen molar-refractivity contribution in [3.8, 4) is 24.1 Å². The highest BCUT2D eigenvalue weighted by Crippen LogP contribution is 2.33. The van der Waals surface area contributed by atoms with Gasteiger partial charge >= 0.3 is 6.01 Å². The maximum atomic E-state index is 5.88. The number of benzene rings is 2. The minimum Gasteiger partial charge on any atom is -0.490 e. The molecule has 0 atom stereocenters. The van der Waals surface area contributed by atoms with E-state index in [-0.39, 0.29) is 6.01 Å². The van der Waals surface area contributed by atoms with E-state index in [4.69, 9.17) is 25.4 Å². The molecule has 1 aromatic heterocycles. The van der Waals surface area contributed by atoms with Gasteiger partial charge in [0.2, 0.25) is 0 Å². The Kier molecular flexibility index (Phi) is 7.22. The van der Waals surface area contributed by atoms with Crippen LogP contribution in [0.3, 0.4) is 0 Å². The molecule has 3 aromatic rings. The van der Waals surface area contributed by atoms with E-state index in [9.17, 15) is 0 Å². The van der Waals surface area contributed by atoms with Gasteiger partial charge in [-0.25, -0.2) is 0 Å². The third-order valence-electron chi connectivity index (χ3n) is 4.02. The van der Waals surface area contributed by atoms with E-state index in [1.165, 1.54) is 0 Å². The predicted molar refractivity (Wildman–Crippen MR) is 112 cm³/mol. The van der Waals surface area contributed by atoms with Gasteiger partial charge in [-0.05, 0) is 30.3 Å². The molecule has 0 fully saturated rings. The van der Waals surface area contributed by atoms with Gasteiger partial charge in [-0.2, -0.15) is 9.97 Å². The van der Waals surface area contributed by atoms with Gasteiger partial charge in [0.15, 0.2) is 0 Å². The van der Waals surface area contributed by atoms with Crippen LogP contribution >= 0.6 is 0 Å². The van der Waals surface area contributed by atoms with Crippen molar-refractivity contribution in [1.82, 2.24) is 9.97 Å². The molecular weight excluding hydrogens is 370 g/mol. The summed E-state index contributed by atoms with van der Waals surface area (Å²) in [5.74, 6) is 3.84. The number of aromatic nitrogens is 2. The summed E-state index contributed by atoms with van der Waals surface area (Å²) < 4.78 is 21.6. The summed E-state index contributed by atoms with van der Waals surface area (Å²) in [7, 11) is 3.24. The molecule has 1 N–H and O–H groups in total. The fraction of sp³-hybridized carbons (Fsp3) is 0.273.